The SMILES string of the molecule is CN1c2ccccc2SC2(C)C=CC=CC12. The minimum absolute atomic E-state index is 0.165. The van der Waals surface area contributed by atoms with E-state index < -0.39 is 0 Å². The van der Waals surface area contributed by atoms with Crippen LogP contribution in [0.15, 0.2) is 53.5 Å². The highest BCUT2D eigenvalue weighted by Crippen LogP contribution is 2.49. The van der Waals surface area contributed by atoms with Crippen molar-refractivity contribution in [3.8, 4) is 0 Å². The summed E-state index contributed by atoms with van der Waals surface area (Å²) in [6.07, 6.45) is 8.92. The number of allylic oxidation sites excluding steroid dienone is 2. The lowest BCUT2D eigenvalue weighted by Gasteiger charge is -2.46. The molecular formula is C14H15NS. The molecule has 2 aliphatic rings. The highest BCUT2D eigenvalue weighted by molar-refractivity contribution is 8.01. The third-order valence-electron chi connectivity index (χ3n) is 3.41. The second-order valence-corrected chi connectivity index (χ2v) is 6.08. The summed E-state index contributed by atoms with van der Waals surface area (Å²) in [5, 5.41) is 0. The van der Waals surface area contributed by atoms with Crippen molar-refractivity contribution >= 4 is 17.4 Å². The maximum Gasteiger partial charge on any atom is 0.0656 e. The number of benzene rings is 1. The smallest absolute Gasteiger partial charge is 0.0656 e. The van der Waals surface area contributed by atoms with Gasteiger partial charge in [0.15, 0.2) is 0 Å². The molecule has 0 spiro atoms. The first-order chi connectivity index (χ1) is 7.71. The molecular weight excluding hydrogens is 214 g/mol. The Labute approximate surface area is 101 Å². The molecule has 0 N–H and O–H groups in total. The lowest BCUT2D eigenvalue weighted by atomic mass is 9.94. The first-order valence-electron chi connectivity index (χ1n) is 5.58. The molecule has 2 unspecified atom stereocenters. The average molecular weight is 229 g/mol. The first-order valence-corrected chi connectivity index (χ1v) is 6.39. The topological polar surface area (TPSA) is 3.24 Å². The van der Waals surface area contributed by atoms with Crippen LogP contribution in [0.25, 0.3) is 0 Å². The van der Waals surface area contributed by atoms with Gasteiger partial charge in [-0.3, -0.25) is 0 Å². The zero-order chi connectivity index (χ0) is 11.2. The Kier molecular flexibility index (Phi) is 2.15. The van der Waals surface area contributed by atoms with E-state index in [-0.39, 0.29) is 4.75 Å². The largest absolute Gasteiger partial charge is 0.366 e. The highest BCUT2D eigenvalue weighted by atomic mass is 32.2. The van der Waals surface area contributed by atoms with E-state index in [1.807, 2.05) is 11.8 Å². The van der Waals surface area contributed by atoms with Gasteiger partial charge in [0, 0.05) is 11.9 Å². The van der Waals surface area contributed by atoms with Gasteiger partial charge in [0.05, 0.1) is 16.5 Å². The van der Waals surface area contributed by atoms with Gasteiger partial charge in [0.2, 0.25) is 0 Å². The van der Waals surface area contributed by atoms with Crippen molar-refractivity contribution in [3.05, 3.63) is 48.6 Å². The molecule has 3 rings (SSSR count). The summed E-state index contributed by atoms with van der Waals surface area (Å²) in [5.41, 5.74) is 1.34. The van der Waals surface area contributed by atoms with Crippen molar-refractivity contribution in [2.45, 2.75) is 22.6 Å². The quantitative estimate of drug-likeness (QED) is 0.670. The Hall–Kier alpha value is -1.15. The number of para-hydroxylation sites is 1. The van der Waals surface area contributed by atoms with Crippen LogP contribution in [0.4, 0.5) is 5.69 Å². The molecule has 0 amide bonds. The van der Waals surface area contributed by atoms with E-state index in [0.717, 1.165) is 0 Å². The Morgan fingerprint density at radius 3 is 2.94 bits per heavy atom. The average Bonchev–Trinajstić information content (AvgIpc) is 2.28. The molecule has 2 heteroatoms. The number of anilines is 1. The van der Waals surface area contributed by atoms with E-state index in [1.54, 1.807) is 0 Å². The summed E-state index contributed by atoms with van der Waals surface area (Å²) in [6.45, 7) is 2.31. The number of rotatable bonds is 0. The zero-order valence-corrected chi connectivity index (χ0v) is 10.4. The predicted octanol–water partition coefficient (Wildman–Crippen LogP) is 3.48. The van der Waals surface area contributed by atoms with E-state index in [1.165, 1.54) is 10.6 Å². The molecule has 0 fully saturated rings. The van der Waals surface area contributed by atoms with Crippen LogP contribution in [0.1, 0.15) is 6.92 Å². The fraction of sp³-hybridized carbons (Fsp3) is 0.286. The summed E-state index contributed by atoms with van der Waals surface area (Å²) in [7, 11) is 2.19. The van der Waals surface area contributed by atoms with Crippen LogP contribution < -0.4 is 4.90 Å². The van der Waals surface area contributed by atoms with E-state index in [0.29, 0.717) is 6.04 Å². The fourth-order valence-corrected chi connectivity index (χ4v) is 3.98. The third-order valence-corrected chi connectivity index (χ3v) is 4.79. The molecule has 0 saturated heterocycles. The van der Waals surface area contributed by atoms with Gasteiger partial charge in [-0.15, -0.1) is 11.8 Å². The Morgan fingerprint density at radius 1 is 1.25 bits per heavy atom. The molecule has 1 aliphatic carbocycles. The van der Waals surface area contributed by atoms with Gasteiger partial charge in [-0.05, 0) is 19.1 Å². The number of fused-ring (bicyclic) bond motifs is 2. The monoisotopic (exact) mass is 229 g/mol. The summed E-state index contributed by atoms with van der Waals surface area (Å²) in [4.78, 5) is 3.76. The van der Waals surface area contributed by atoms with Crippen LogP contribution in [0, 0.1) is 0 Å². The summed E-state index contributed by atoms with van der Waals surface area (Å²) in [6, 6.07) is 9.10. The van der Waals surface area contributed by atoms with Crippen LogP contribution in [-0.2, 0) is 0 Å². The van der Waals surface area contributed by atoms with Crippen molar-refractivity contribution in [1.82, 2.24) is 0 Å². The molecule has 2 atom stereocenters. The lowest BCUT2D eigenvalue weighted by Crippen LogP contribution is -2.48. The molecule has 0 bridgehead atoms. The molecule has 0 saturated carbocycles. The molecule has 1 nitrogen and oxygen atoms in total. The van der Waals surface area contributed by atoms with Gasteiger partial charge in [-0.2, -0.15) is 0 Å². The van der Waals surface area contributed by atoms with Gasteiger partial charge in [0.1, 0.15) is 0 Å². The van der Waals surface area contributed by atoms with E-state index in [4.69, 9.17) is 0 Å². The molecule has 1 aromatic rings. The summed E-state index contributed by atoms with van der Waals surface area (Å²) >= 11 is 1.97. The molecule has 16 heavy (non-hydrogen) atoms. The fourth-order valence-electron chi connectivity index (χ4n) is 2.54. The number of hydrogen-bond donors (Lipinski definition) is 0. The van der Waals surface area contributed by atoms with Gasteiger partial charge >= 0.3 is 0 Å². The maximum atomic E-state index is 2.38. The molecule has 0 aromatic heterocycles. The van der Waals surface area contributed by atoms with Crippen LogP contribution in [-0.4, -0.2) is 17.8 Å². The van der Waals surface area contributed by atoms with Gasteiger partial charge in [0.25, 0.3) is 0 Å². The molecule has 1 aromatic carbocycles. The van der Waals surface area contributed by atoms with Crippen LogP contribution >= 0.6 is 11.8 Å². The van der Waals surface area contributed by atoms with Crippen molar-refractivity contribution in [3.63, 3.8) is 0 Å². The number of likely N-dealkylation sites (N-methyl/N-ethyl adjacent to an activating group) is 1. The van der Waals surface area contributed by atoms with Crippen molar-refractivity contribution in [1.29, 1.82) is 0 Å². The number of nitrogens with zero attached hydrogens (tertiary/aromatic N) is 1. The second kappa shape index (κ2) is 3.42. The normalized spacial score (nSPS) is 31.1. The van der Waals surface area contributed by atoms with Crippen molar-refractivity contribution < 1.29 is 0 Å². The predicted molar refractivity (Wildman–Crippen MR) is 71.2 cm³/mol. The summed E-state index contributed by atoms with van der Waals surface area (Å²) < 4.78 is 0.165. The van der Waals surface area contributed by atoms with E-state index in [9.17, 15) is 0 Å². The van der Waals surface area contributed by atoms with Crippen LogP contribution in [0.2, 0.25) is 0 Å². The van der Waals surface area contributed by atoms with Gasteiger partial charge in [-0.25, -0.2) is 0 Å². The van der Waals surface area contributed by atoms with E-state index in [2.05, 4.69) is 67.4 Å². The highest BCUT2D eigenvalue weighted by Gasteiger charge is 2.40. The Bertz CT molecular complexity index is 477. The van der Waals surface area contributed by atoms with Crippen LogP contribution in [0.3, 0.4) is 0 Å². The number of hydrogen-bond acceptors (Lipinski definition) is 2. The van der Waals surface area contributed by atoms with E-state index >= 15 is 0 Å². The van der Waals surface area contributed by atoms with Crippen molar-refractivity contribution in [2.75, 3.05) is 11.9 Å². The van der Waals surface area contributed by atoms with Gasteiger partial charge in [-0.1, -0.05) is 36.4 Å². The summed E-state index contributed by atoms with van der Waals surface area (Å²) in [5.74, 6) is 0. The lowest BCUT2D eigenvalue weighted by molar-refractivity contribution is 0.622. The minimum atomic E-state index is 0.165. The first kappa shape index (κ1) is 10.0. The molecule has 1 heterocycles. The second-order valence-electron chi connectivity index (χ2n) is 4.55. The molecule has 82 valence electrons. The standard InChI is InChI=1S/C14H15NS/c1-14-10-6-5-9-13(14)15(2)11-7-3-4-8-12(11)16-14/h3-10,13H,1-2H3. The maximum absolute atomic E-state index is 2.38. The molecule has 1 aliphatic heterocycles. The van der Waals surface area contributed by atoms with Gasteiger partial charge < -0.3 is 4.90 Å². The third kappa shape index (κ3) is 1.33. The van der Waals surface area contributed by atoms with Crippen molar-refractivity contribution in [2.24, 2.45) is 0 Å². The zero-order valence-electron chi connectivity index (χ0n) is 9.55. The Balaban J connectivity index is 2.13. The minimum Gasteiger partial charge on any atom is -0.366 e. The molecule has 0 radical (unpaired) electrons. The Morgan fingerprint density at radius 2 is 2.06 bits per heavy atom. The number of thioether (sulfide) groups is 1. The van der Waals surface area contributed by atoms with Crippen LogP contribution in [0.5, 0.6) is 0 Å².